The van der Waals surface area contributed by atoms with Gasteiger partial charge in [-0.3, -0.25) is 4.57 Å². The summed E-state index contributed by atoms with van der Waals surface area (Å²) in [4.78, 5) is 8.80. The van der Waals surface area contributed by atoms with Crippen LogP contribution >= 0.6 is 0 Å². The number of fused-ring (bicyclic) bond motifs is 1. The van der Waals surface area contributed by atoms with Crippen LogP contribution in [0.4, 0.5) is 0 Å². The van der Waals surface area contributed by atoms with Gasteiger partial charge >= 0.3 is 0 Å². The molecule has 0 aliphatic rings. The Hall–Kier alpha value is -2.40. The van der Waals surface area contributed by atoms with Crippen LogP contribution in [0.2, 0.25) is 0 Å². The molecule has 0 amide bonds. The number of aromatic nitrogens is 3. The van der Waals surface area contributed by atoms with Gasteiger partial charge in [0, 0.05) is 18.7 Å². The van der Waals surface area contributed by atoms with Crippen LogP contribution in [0, 0.1) is 0 Å². The first-order chi connectivity index (χ1) is 9.83. The fourth-order valence-electron chi connectivity index (χ4n) is 2.31. The van der Waals surface area contributed by atoms with E-state index in [0.717, 1.165) is 29.0 Å². The van der Waals surface area contributed by atoms with Gasteiger partial charge in [0.05, 0.1) is 23.8 Å². The topological polar surface area (TPSA) is 66.0 Å². The van der Waals surface area contributed by atoms with Gasteiger partial charge in [0.15, 0.2) is 0 Å². The average Bonchev–Trinajstić information content (AvgIpc) is 2.85. The number of para-hydroxylation sites is 2. The molecule has 5 heteroatoms. The lowest BCUT2D eigenvalue weighted by atomic mass is 10.3. The smallest absolute Gasteiger partial charge is 0.215 e. The number of rotatable bonds is 4. The molecule has 3 aromatic rings. The molecule has 0 unspecified atom stereocenters. The Morgan fingerprint density at radius 3 is 2.90 bits per heavy atom. The maximum absolute atomic E-state index is 5.70. The Balaban J connectivity index is 2.24. The summed E-state index contributed by atoms with van der Waals surface area (Å²) in [5, 5.41) is 0. The average molecular weight is 268 g/mol. The molecular weight excluding hydrogens is 252 g/mol. The highest BCUT2D eigenvalue weighted by Gasteiger charge is 2.12. The molecule has 102 valence electrons. The Morgan fingerprint density at radius 2 is 2.10 bits per heavy atom. The molecule has 0 aliphatic carbocycles. The minimum Gasteiger partial charge on any atom is -0.481 e. The van der Waals surface area contributed by atoms with Crippen LogP contribution in [0.3, 0.4) is 0 Å². The molecule has 20 heavy (non-hydrogen) atoms. The van der Waals surface area contributed by atoms with Gasteiger partial charge in [0.25, 0.3) is 0 Å². The van der Waals surface area contributed by atoms with E-state index in [1.807, 2.05) is 30.3 Å². The number of hydrogen-bond acceptors (Lipinski definition) is 4. The van der Waals surface area contributed by atoms with E-state index in [1.165, 1.54) is 0 Å². The summed E-state index contributed by atoms with van der Waals surface area (Å²) in [6.07, 6.45) is 2.45. The zero-order valence-corrected chi connectivity index (χ0v) is 11.3. The molecule has 5 nitrogen and oxygen atoms in total. The van der Waals surface area contributed by atoms with Crippen molar-refractivity contribution >= 4 is 11.0 Å². The summed E-state index contributed by atoms with van der Waals surface area (Å²) in [5.74, 6) is 1.53. The van der Waals surface area contributed by atoms with Crippen LogP contribution in [0.15, 0.2) is 42.6 Å². The third kappa shape index (κ3) is 2.12. The van der Waals surface area contributed by atoms with E-state index in [0.29, 0.717) is 12.4 Å². The largest absolute Gasteiger partial charge is 0.481 e. The van der Waals surface area contributed by atoms with Crippen molar-refractivity contribution in [3.8, 4) is 11.6 Å². The monoisotopic (exact) mass is 268 g/mol. The fourth-order valence-corrected chi connectivity index (χ4v) is 2.31. The van der Waals surface area contributed by atoms with Crippen LogP contribution in [0.5, 0.6) is 5.88 Å². The van der Waals surface area contributed by atoms with Crippen LogP contribution in [0.25, 0.3) is 16.7 Å². The first kappa shape index (κ1) is 12.6. The third-order valence-corrected chi connectivity index (χ3v) is 3.18. The van der Waals surface area contributed by atoms with E-state index in [1.54, 1.807) is 13.3 Å². The third-order valence-electron chi connectivity index (χ3n) is 3.18. The lowest BCUT2D eigenvalue weighted by molar-refractivity contribution is 0.397. The Bertz CT molecular complexity index is 736. The number of ether oxygens (including phenoxy) is 1. The van der Waals surface area contributed by atoms with E-state index < -0.39 is 0 Å². The van der Waals surface area contributed by atoms with Crippen LogP contribution in [-0.2, 0) is 6.42 Å². The lowest BCUT2D eigenvalue weighted by Gasteiger charge is -2.09. The van der Waals surface area contributed by atoms with Gasteiger partial charge in [0.2, 0.25) is 5.88 Å². The van der Waals surface area contributed by atoms with Crippen molar-refractivity contribution in [2.75, 3.05) is 13.7 Å². The zero-order valence-electron chi connectivity index (χ0n) is 11.3. The van der Waals surface area contributed by atoms with Crippen LogP contribution in [-0.4, -0.2) is 28.2 Å². The molecule has 0 fully saturated rings. The van der Waals surface area contributed by atoms with Crippen molar-refractivity contribution in [3.05, 3.63) is 48.4 Å². The van der Waals surface area contributed by atoms with Gasteiger partial charge in [-0.1, -0.05) is 12.1 Å². The number of hydrogen-bond donors (Lipinski definition) is 1. The lowest BCUT2D eigenvalue weighted by Crippen LogP contribution is -2.09. The molecule has 0 aliphatic heterocycles. The van der Waals surface area contributed by atoms with Gasteiger partial charge in [-0.2, -0.15) is 0 Å². The molecule has 0 saturated heterocycles. The summed E-state index contributed by atoms with van der Waals surface area (Å²) in [6, 6.07) is 11.9. The van der Waals surface area contributed by atoms with Gasteiger partial charge in [-0.05, 0) is 24.7 Å². The van der Waals surface area contributed by atoms with Crippen molar-refractivity contribution in [3.63, 3.8) is 0 Å². The Morgan fingerprint density at radius 1 is 1.25 bits per heavy atom. The Kier molecular flexibility index (Phi) is 3.35. The predicted molar refractivity (Wildman–Crippen MR) is 78.2 cm³/mol. The first-order valence-electron chi connectivity index (χ1n) is 6.50. The highest BCUT2D eigenvalue weighted by Crippen LogP contribution is 2.23. The van der Waals surface area contributed by atoms with E-state index >= 15 is 0 Å². The second-order valence-electron chi connectivity index (χ2n) is 4.45. The van der Waals surface area contributed by atoms with Crippen molar-refractivity contribution < 1.29 is 4.74 Å². The number of benzene rings is 1. The summed E-state index contributed by atoms with van der Waals surface area (Å²) in [5.41, 5.74) is 8.70. The molecule has 2 N–H and O–H groups in total. The molecule has 0 atom stereocenters. The summed E-state index contributed by atoms with van der Waals surface area (Å²) >= 11 is 0. The Labute approximate surface area is 117 Å². The van der Waals surface area contributed by atoms with Crippen molar-refractivity contribution in [1.29, 1.82) is 0 Å². The molecular formula is C15H16N4O. The second kappa shape index (κ2) is 5.30. The van der Waals surface area contributed by atoms with E-state index in [2.05, 4.69) is 20.6 Å². The number of nitrogens with two attached hydrogens (primary N) is 1. The van der Waals surface area contributed by atoms with Crippen molar-refractivity contribution in [1.82, 2.24) is 14.5 Å². The summed E-state index contributed by atoms with van der Waals surface area (Å²) < 4.78 is 7.30. The summed E-state index contributed by atoms with van der Waals surface area (Å²) in [7, 11) is 1.61. The van der Waals surface area contributed by atoms with Gasteiger partial charge < -0.3 is 10.5 Å². The second-order valence-corrected chi connectivity index (χ2v) is 4.45. The quantitative estimate of drug-likeness (QED) is 0.785. The van der Waals surface area contributed by atoms with Crippen molar-refractivity contribution in [2.45, 2.75) is 6.42 Å². The van der Waals surface area contributed by atoms with Crippen LogP contribution < -0.4 is 10.5 Å². The minimum absolute atomic E-state index is 0.561. The molecule has 0 spiro atoms. The standard InChI is InChI=1S/C15H16N4O/c1-20-15-10-11(7-9-17-15)19-13-5-3-2-4-12(13)18-14(19)6-8-16/h2-5,7,9-10H,6,8,16H2,1H3. The highest BCUT2D eigenvalue weighted by atomic mass is 16.5. The van der Waals surface area contributed by atoms with E-state index in [-0.39, 0.29) is 0 Å². The van der Waals surface area contributed by atoms with Gasteiger partial charge in [-0.15, -0.1) is 0 Å². The SMILES string of the molecule is COc1cc(-n2c(CCN)nc3ccccc32)ccn1. The highest BCUT2D eigenvalue weighted by molar-refractivity contribution is 5.78. The number of methoxy groups -OCH3 is 1. The van der Waals surface area contributed by atoms with Gasteiger partial charge in [0.1, 0.15) is 5.82 Å². The number of pyridine rings is 1. The maximum atomic E-state index is 5.70. The fraction of sp³-hybridized carbons (Fsp3) is 0.200. The number of nitrogens with zero attached hydrogens (tertiary/aromatic N) is 3. The number of imidazole rings is 1. The molecule has 2 heterocycles. The molecule has 0 bridgehead atoms. The molecule has 3 rings (SSSR count). The van der Waals surface area contributed by atoms with Crippen molar-refractivity contribution in [2.24, 2.45) is 5.73 Å². The predicted octanol–water partition coefficient (Wildman–Crippen LogP) is 1.93. The molecule has 0 saturated carbocycles. The minimum atomic E-state index is 0.561. The zero-order chi connectivity index (χ0) is 13.9. The molecule has 1 aromatic carbocycles. The van der Waals surface area contributed by atoms with E-state index in [9.17, 15) is 0 Å². The summed E-state index contributed by atoms with van der Waals surface area (Å²) in [6.45, 7) is 0.561. The molecule has 0 radical (unpaired) electrons. The maximum Gasteiger partial charge on any atom is 0.215 e. The van der Waals surface area contributed by atoms with E-state index in [4.69, 9.17) is 10.5 Å². The normalized spacial score (nSPS) is 10.9. The van der Waals surface area contributed by atoms with Crippen LogP contribution in [0.1, 0.15) is 5.82 Å². The molecule has 2 aromatic heterocycles. The first-order valence-corrected chi connectivity index (χ1v) is 6.50. The van der Waals surface area contributed by atoms with Gasteiger partial charge in [-0.25, -0.2) is 9.97 Å².